The average Bonchev–Trinajstić information content (AvgIpc) is 3.38. The molecule has 2 saturated carbocycles. The minimum absolute atomic E-state index is 0.0379. The summed E-state index contributed by atoms with van der Waals surface area (Å²) in [4.78, 5) is 13.3. The topological polar surface area (TPSA) is 75.3 Å². The molecule has 4 atom stereocenters. The Balaban J connectivity index is 1.48. The molecule has 1 amide bonds. The smallest absolute Gasteiger partial charge is 0.344 e. The van der Waals surface area contributed by atoms with E-state index in [2.05, 4.69) is 10.6 Å². The van der Waals surface area contributed by atoms with Gasteiger partial charge in [0.15, 0.2) is 9.84 Å². The molecule has 0 radical (unpaired) electrons. The number of carbonyl (C=O) groups excluding carboxylic acids is 1. The highest BCUT2D eigenvalue weighted by molar-refractivity contribution is 7.91. The SMILES string of the molecule is O=C(NC(c1ccc(S(=O)(=O)CC2CC2)cc1)C1N[C@@H]2CC[C@H]1C2)c1cc(C(F)(F)F)ccc1C(F)(F)F. The van der Waals surface area contributed by atoms with Gasteiger partial charge in [0, 0.05) is 12.1 Å². The fourth-order valence-corrected chi connectivity index (χ4v) is 7.30. The van der Waals surface area contributed by atoms with Gasteiger partial charge in [-0.15, -0.1) is 0 Å². The van der Waals surface area contributed by atoms with Crippen LogP contribution in [0.3, 0.4) is 0 Å². The molecule has 1 heterocycles. The predicted octanol–water partition coefficient (Wildman–Crippen LogP) is 5.52. The summed E-state index contributed by atoms with van der Waals surface area (Å²) in [5.74, 6) is -1.01. The second-order valence-electron chi connectivity index (χ2n) is 10.5. The highest BCUT2D eigenvalue weighted by Crippen LogP contribution is 2.42. The van der Waals surface area contributed by atoms with E-state index in [1.54, 1.807) is 0 Å². The zero-order chi connectivity index (χ0) is 27.5. The van der Waals surface area contributed by atoms with Gasteiger partial charge >= 0.3 is 12.4 Å². The zero-order valence-electron chi connectivity index (χ0n) is 20.1. The van der Waals surface area contributed by atoms with Gasteiger partial charge in [0.05, 0.1) is 33.4 Å². The van der Waals surface area contributed by atoms with E-state index in [4.69, 9.17) is 0 Å². The molecule has 2 bridgehead atoms. The Morgan fingerprint density at radius 2 is 1.63 bits per heavy atom. The molecule has 1 aliphatic heterocycles. The number of benzene rings is 2. The van der Waals surface area contributed by atoms with Crippen molar-refractivity contribution in [1.82, 2.24) is 10.6 Å². The van der Waals surface area contributed by atoms with Crippen molar-refractivity contribution in [1.29, 1.82) is 0 Å². The van der Waals surface area contributed by atoms with E-state index in [-0.39, 0.29) is 46.7 Å². The molecule has 2 aromatic carbocycles. The molecule has 3 aliphatic rings. The first kappa shape index (κ1) is 27.0. The molecule has 0 aromatic heterocycles. The molecule has 3 fully saturated rings. The van der Waals surface area contributed by atoms with Crippen molar-refractivity contribution >= 4 is 15.7 Å². The lowest BCUT2D eigenvalue weighted by Crippen LogP contribution is -2.47. The van der Waals surface area contributed by atoms with Gasteiger partial charge in [0.2, 0.25) is 0 Å². The molecule has 5 rings (SSSR count). The molecule has 2 N–H and O–H groups in total. The molecular weight excluding hydrogens is 534 g/mol. The van der Waals surface area contributed by atoms with E-state index in [9.17, 15) is 39.6 Å². The fraction of sp³-hybridized carbons (Fsp3) is 0.500. The number of piperidine rings is 1. The van der Waals surface area contributed by atoms with Crippen LogP contribution in [0, 0.1) is 11.8 Å². The quantitative estimate of drug-likeness (QED) is 0.438. The van der Waals surface area contributed by atoms with Crippen LogP contribution in [0.25, 0.3) is 0 Å². The van der Waals surface area contributed by atoms with Crippen LogP contribution in [0.5, 0.6) is 0 Å². The molecular formula is C26H26F6N2O3S. The number of amides is 1. The number of nitrogens with one attached hydrogen (secondary N) is 2. The Labute approximate surface area is 215 Å². The molecule has 206 valence electrons. The summed E-state index contributed by atoms with van der Waals surface area (Å²) < 4.78 is 106. The predicted molar refractivity (Wildman–Crippen MR) is 126 cm³/mol. The molecule has 2 aromatic rings. The Morgan fingerprint density at radius 3 is 2.16 bits per heavy atom. The van der Waals surface area contributed by atoms with Gasteiger partial charge in [-0.3, -0.25) is 4.79 Å². The number of fused-ring (bicyclic) bond motifs is 2. The standard InChI is InChI=1S/C26H26F6N2O3S/c27-25(28,29)17-6-10-21(26(30,31)32)20(12-17)24(35)34-22(23-16-3-7-18(11-16)33-23)15-4-8-19(9-5-15)38(36,37)13-14-1-2-14/h4-6,8-10,12,14,16,18,22-23,33H,1-3,7,11,13H2,(H,34,35)/t16-,18+,22?,23?/m0/s1. The second-order valence-corrected chi connectivity index (χ2v) is 12.5. The maximum Gasteiger partial charge on any atom is 0.417 e. The maximum absolute atomic E-state index is 13.6. The summed E-state index contributed by atoms with van der Waals surface area (Å²) in [5.41, 5.74) is -3.50. The van der Waals surface area contributed by atoms with Gasteiger partial charge in [-0.1, -0.05) is 12.1 Å². The number of alkyl halides is 6. The maximum atomic E-state index is 13.6. The minimum atomic E-state index is -5.05. The highest BCUT2D eigenvalue weighted by atomic mass is 32.2. The first-order valence-corrected chi connectivity index (χ1v) is 14.1. The van der Waals surface area contributed by atoms with Crippen molar-refractivity contribution < 1.29 is 39.6 Å². The number of halogens is 6. The van der Waals surface area contributed by atoms with Gasteiger partial charge in [0.25, 0.3) is 5.91 Å². The van der Waals surface area contributed by atoms with Gasteiger partial charge in [-0.25, -0.2) is 8.42 Å². The molecule has 5 nitrogen and oxygen atoms in total. The molecule has 2 unspecified atom stereocenters. The van der Waals surface area contributed by atoms with Crippen molar-refractivity contribution in [2.45, 2.75) is 67.5 Å². The average molecular weight is 561 g/mol. The molecule has 1 saturated heterocycles. The summed E-state index contributed by atoms with van der Waals surface area (Å²) in [6.07, 6.45) is -5.72. The van der Waals surface area contributed by atoms with Crippen LogP contribution < -0.4 is 10.6 Å². The first-order chi connectivity index (χ1) is 17.7. The Hall–Kier alpha value is -2.60. The number of sulfone groups is 1. The summed E-state index contributed by atoms with van der Waals surface area (Å²) in [6.45, 7) is 0. The third-order valence-electron chi connectivity index (χ3n) is 7.70. The van der Waals surface area contributed by atoms with Crippen LogP contribution in [-0.4, -0.2) is 32.2 Å². The third-order valence-corrected chi connectivity index (χ3v) is 9.60. The van der Waals surface area contributed by atoms with E-state index in [1.165, 1.54) is 24.3 Å². The minimum Gasteiger partial charge on any atom is -0.344 e. The first-order valence-electron chi connectivity index (χ1n) is 12.4. The highest BCUT2D eigenvalue weighted by Gasteiger charge is 2.45. The number of hydrogen-bond acceptors (Lipinski definition) is 4. The van der Waals surface area contributed by atoms with Crippen LogP contribution in [0.15, 0.2) is 47.4 Å². The van der Waals surface area contributed by atoms with E-state index >= 15 is 0 Å². The van der Waals surface area contributed by atoms with Gasteiger partial charge in [-0.05, 0) is 79.8 Å². The summed E-state index contributed by atoms with van der Waals surface area (Å²) in [6, 6.07) is 5.54. The van der Waals surface area contributed by atoms with Crippen LogP contribution in [0.2, 0.25) is 0 Å². The Kier molecular flexibility index (Phi) is 6.78. The number of rotatable bonds is 7. The van der Waals surface area contributed by atoms with Crippen LogP contribution in [0.4, 0.5) is 26.3 Å². The molecule has 2 aliphatic carbocycles. The van der Waals surface area contributed by atoms with Gasteiger partial charge in [-0.2, -0.15) is 26.3 Å². The van der Waals surface area contributed by atoms with Crippen molar-refractivity contribution in [3.63, 3.8) is 0 Å². The zero-order valence-corrected chi connectivity index (χ0v) is 20.9. The van der Waals surface area contributed by atoms with E-state index in [0.29, 0.717) is 11.6 Å². The Bertz CT molecular complexity index is 1320. The van der Waals surface area contributed by atoms with E-state index in [0.717, 1.165) is 32.1 Å². The Morgan fingerprint density at radius 1 is 0.947 bits per heavy atom. The summed E-state index contributed by atoms with van der Waals surface area (Å²) in [5, 5.41) is 5.92. The molecule has 12 heteroatoms. The molecule has 0 spiro atoms. The summed E-state index contributed by atoms with van der Waals surface area (Å²) in [7, 11) is -3.51. The lowest BCUT2D eigenvalue weighted by Gasteiger charge is -2.33. The van der Waals surface area contributed by atoms with Gasteiger partial charge < -0.3 is 10.6 Å². The fourth-order valence-electron chi connectivity index (χ4n) is 5.60. The lowest BCUT2D eigenvalue weighted by molar-refractivity contribution is -0.141. The van der Waals surface area contributed by atoms with Crippen LogP contribution in [-0.2, 0) is 22.2 Å². The normalized spacial score (nSPS) is 24.4. The lowest BCUT2D eigenvalue weighted by atomic mass is 9.88. The van der Waals surface area contributed by atoms with Crippen molar-refractivity contribution in [3.8, 4) is 0 Å². The van der Waals surface area contributed by atoms with Crippen molar-refractivity contribution in [2.75, 3.05) is 5.75 Å². The van der Waals surface area contributed by atoms with Gasteiger partial charge in [0.1, 0.15) is 0 Å². The van der Waals surface area contributed by atoms with Crippen molar-refractivity contribution in [3.05, 3.63) is 64.7 Å². The van der Waals surface area contributed by atoms with Crippen molar-refractivity contribution in [2.24, 2.45) is 11.8 Å². The van der Waals surface area contributed by atoms with E-state index < -0.39 is 50.8 Å². The number of hydrogen-bond donors (Lipinski definition) is 2. The largest absolute Gasteiger partial charge is 0.417 e. The van der Waals surface area contributed by atoms with Crippen LogP contribution >= 0.6 is 0 Å². The molecule has 38 heavy (non-hydrogen) atoms. The summed E-state index contributed by atoms with van der Waals surface area (Å²) >= 11 is 0. The third kappa shape index (κ3) is 5.56. The van der Waals surface area contributed by atoms with Crippen LogP contribution in [0.1, 0.15) is 65.2 Å². The number of carbonyl (C=O) groups is 1. The van der Waals surface area contributed by atoms with E-state index in [1.807, 2.05) is 0 Å². The second kappa shape index (κ2) is 9.55. The monoisotopic (exact) mass is 560 g/mol.